The average Bonchev–Trinajstić information content (AvgIpc) is 3.18. The van der Waals surface area contributed by atoms with Crippen LogP contribution < -0.4 is 14.8 Å². The van der Waals surface area contributed by atoms with Crippen molar-refractivity contribution >= 4 is 49.7 Å². The zero-order valence-corrected chi connectivity index (χ0v) is 18.9. The molecule has 0 saturated carbocycles. The topological polar surface area (TPSA) is 80.3 Å². The maximum absolute atomic E-state index is 14.7. The first-order valence-electron chi connectivity index (χ1n) is 8.82. The normalized spacial score (nSPS) is 11.5. The smallest absolute Gasteiger partial charge is 0.266 e. The highest BCUT2D eigenvalue weighted by Crippen LogP contribution is 2.36. The van der Waals surface area contributed by atoms with Gasteiger partial charge < -0.3 is 10.1 Å². The van der Waals surface area contributed by atoms with Crippen molar-refractivity contribution in [3.63, 3.8) is 0 Å². The monoisotopic (exact) mass is 489 g/mol. The van der Waals surface area contributed by atoms with E-state index < -0.39 is 20.7 Å². The predicted octanol–water partition coefficient (Wildman–Crippen LogP) is 5.33. The molecule has 0 bridgehead atoms. The Labute approximate surface area is 188 Å². The van der Waals surface area contributed by atoms with E-state index in [2.05, 4.69) is 15.0 Å². The number of anilines is 1. The molecular weight excluding hydrogens is 472 g/mol. The molecular formula is C19H18Cl2FN3O3S2. The van der Waals surface area contributed by atoms with Gasteiger partial charge >= 0.3 is 0 Å². The largest absolute Gasteiger partial charge is 0.455 e. The molecule has 11 heteroatoms. The van der Waals surface area contributed by atoms with Crippen LogP contribution >= 0.6 is 34.5 Å². The van der Waals surface area contributed by atoms with E-state index in [4.69, 9.17) is 27.9 Å². The Morgan fingerprint density at radius 3 is 2.70 bits per heavy atom. The molecule has 160 valence electrons. The number of aromatic nitrogens is 1. The first-order chi connectivity index (χ1) is 14.3. The summed E-state index contributed by atoms with van der Waals surface area (Å²) < 4.78 is 47.6. The third-order valence-corrected chi connectivity index (χ3v) is 6.75. The molecule has 0 spiro atoms. The van der Waals surface area contributed by atoms with Crippen LogP contribution in [0.25, 0.3) is 0 Å². The summed E-state index contributed by atoms with van der Waals surface area (Å²) >= 11 is 13.4. The van der Waals surface area contributed by atoms with E-state index in [0.29, 0.717) is 17.2 Å². The Hall–Kier alpha value is -1.91. The molecule has 0 saturated heterocycles. The molecule has 6 nitrogen and oxygen atoms in total. The van der Waals surface area contributed by atoms with Crippen molar-refractivity contribution in [1.29, 1.82) is 0 Å². The Balaban J connectivity index is 1.88. The van der Waals surface area contributed by atoms with Crippen molar-refractivity contribution in [2.24, 2.45) is 0 Å². The molecule has 2 aromatic carbocycles. The van der Waals surface area contributed by atoms with Gasteiger partial charge in [0.1, 0.15) is 22.2 Å². The minimum atomic E-state index is -4.20. The fourth-order valence-electron chi connectivity index (χ4n) is 2.66. The second-order valence-corrected chi connectivity index (χ2v) is 9.61. The number of ether oxygens (including phenoxy) is 1. The summed E-state index contributed by atoms with van der Waals surface area (Å²) in [6.45, 7) is 0.806. The zero-order chi connectivity index (χ0) is 21.7. The van der Waals surface area contributed by atoms with Crippen LogP contribution in [0.3, 0.4) is 0 Å². The van der Waals surface area contributed by atoms with Gasteiger partial charge in [-0.2, -0.15) is 0 Å². The lowest BCUT2D eigenvalue weighted by Gasteiger charge is -2.14. The van der Waals surface area contributed by atoms with Gasteiger partial charge in [0.05, 0.1) is 5.02 Å². The Morgan fingerprint density at radius 1 is 1.20 bits per heavy atom. The number of hydrogen-bond acceptors (Lipinski definition) is 6. The van der Waals surface area contributed by atoms with E-state index in [1.807, 2.05) is 7.05 Å². The number of rotatable bonds is 9. The Kier molecular flexibility index (Phi) is 7.54. The van der Waals surface area contributed by atoms with Crippen molar-refractivity contribution < 1.29 is 17.5 Å². The molecule has 0 aliphatic rings. The van der Waals surface area contributed by atoms with E-state index in [0.717, 1.165) is 42.0 Å². The number of benzene rings is 2. The fraction of sp³-hybridized carbons (Fsp3) is 0.211. The van der Waals surface area contributed by atoms with Gasteiger partial charge in [-0.3, -0.25) is 4.72 Å². The quantitative estimate of drug-likeness (QED) is 0.396. The van der Waals surface area contributed by atoms with Gasteiger partial charge in [-0.05, 0) is 56.3 Å². The first-order valence-corrected chi connectivity index (χ1v) is 11.9. The van der Waals surface area contributed by atoms with Crippen molar-refractivity contribution in [1.82, 2.24) is 10.3 Å². The molecule has 30 heavy (non-hydrogen) atoms. The number of thiazole rings is 1. The van der Waals surface area contributed by atoms with Crippen molar-refractivity contribution in [3.05, 3.63) is 63.3 Å². The molecule has 0 radical (unpaired) electrons. The minimum absolute atomic E-state index is 0.000413. The first kappa shape index (κ1) is 22.8. The van der Waals surface area contributed by atoms with Crippen LogP contribution in [0, 0.1) is 5.82 Å². The highest BCUT2D eigenvalue weighted by molar-refractivity contribution is 7.93. The number of hydrogen-bond donors (Lipinski definition) is 2. The van der Waals surface area contributed by atoms with Crippen LogP contribution in [-0.2, 0) is 16.4 Å². The molecule has 0 unspecified atom stereocenters. The summed E-state index contributed by atoms with van der Waals surface area (Å²) in [6.07, 6.45) is 2.96. The molecule has 0 fully saturated rings. The van der Waals surface area contributed by atoms with Crippen molar-refractivity contribution in [2.45, 2.75) is 17.7 Å². The number of nitrogens with one attached hydrogen (secondary N) is 2. The van der Waals surface area contributed by atoms with Gasteiger partial charge in [0.2, 0.25) is 0 Å². The Morgan fingerprint density at radius 2 is 2.00 bits per heavy atom. The lowest BCUT2D eigenvalue weighted by molar-refractivity contribution is 0.467. The molecule has 1 aromatic heterocycles. The summed E-state index contributed by atoms with van der Waals surface area (Å²) in [6, 6.07) is 7.05. The minimum Gasteiger partial charge on any atom is -0.455 e. The van der Waals surface area contributed by atoms with Crippen molar-refractivity contribution in [3.8, 4) is 11.5 Å². The van der Waals surface area contributed by atoms with Crippen LogP contribution in [0.5, 0.6) is 11.5 Å². The van der Waals surface area contributed by atoms with E-state index >= 15 is 0 Å². The second-order valence-electron chi connectivity index (χ2n) is 6.22. The second kappa shape index (κ2) is 9.93. The summed E-state index contributed by atoms with van der Waals surface area (Å²) in [5.74, 6) is -0.531. The number of sulfonamides is 1. The summed E-state index contributed by atoms with van der Waals surface area (Å²) in [5.41, 5.74) is 0.830. The molecule has 0 aliphatic heterocycles. The van der Waals surface area contributed by atoms with Gasteiger partial charge in [0, 0.05) is 22.7 Å². The average molecular weight is 490 g/mol. The highest BCUT2D eigenvalue weighted by Gasteiger charge is 2.23. The van der Waals surface area contributed by atoms with E-state index in [1.165, 1.54) is 6.20 Å². The SMILES string of the molecule is CNCCCc1cc(Cl)ccc1Oc1cc(F)c(S(=O)(=O)Nc2nccs2)cc1Cl. The molecule has 0 aliphatic carbocycles. The van der Waals surface area contributed by atoms with E-state index in [1.54, 1.807) is 23.6 Å². The zero-order valence-electron chi connectivity index (χ0n) is 15.8. The third kappa shape index (κ3) is 5.61. The number of halogens is 3. The molecule has 3 aromatic rings. The maximum Gasteiger partial charge on any atom is 0.266 e. The standard InChI is InChI=1S/C19H18Cl2FN3O3S2/c1-23-6-2-3-12-9-13(20)4-5-16(12)28-17-11-15(22)18(10-14(17)21)30(26,27)25-19-24-7-8-29-19/h4-5,7-11,23H,2-3,6H2,1H3,(H,24,25). The number of aryl methyl sites for hydroxylation is 1. The summed E-state index contributed by atoms with van der Waals surface area (Å²) in [7, 11) is -2.34. The number of nitrogens with zero attached hydrogens (tertiary/aromatic N) is 1. The maximum atomic E-state index is 14.7. The molecule has 3 rings (SSSR count). The summed E-state index contributed by atoms with van der Waals surface area (Å²) in [5, 5.41) is 5.28. The van der Waals surface area contributed by atoms with Gasteiger partial charge in [-0.1, -0.05) is 23.2 Å². The highest BCUT2D eigenvalue weighted by atomic mass is 35.5. The Bertz CT molecular complexity index is 1130. The predicted molar refractivity (Wildman–Crippen MR) is 118 cm³/mol. The molecule has 0 amide bonds. The van der Waals surface area contributed by atoms with E-state index in [9.17, 15) is 12.8 Å². The van der Waals surface area contributed by atoms with Gasteiger partial charge in [-0.15, -0.1) is 11.3 Å². The lowest BCUT2D eigenvalue weighted by Crippen LogP contribution is -2.14. The van der Waals surface area contributed by atoms with Gasteiger partial charge in [0.25, 0.3) is 10.0 Å². The fourth-order valence-corrected chi connectivity index (χ4v) is 4.99. The van der Waals surface area contributed by atoms with E-state index in [-0.39, 0.29) is 15.9 Å². The van der Waals surface area contributed by atoms with Crippen LogP contribution in [-0.4, -0.2) is 27.0 Å². The van der Waals surface area contributed by atoms with Gasteiger partial charge in [-0.25, -0.2) is 17.8 Å². The third-order valence-electron chi connectivity index (χ3n) is 4.05. The lowest BCUT2D eigenvalue weighted by atomic mass is 10.1. The van der Waals surface area contributed by atoms with Crippen LogP contribution in [0.1, 0.15) is 12.0 Å². The van der Waals surface area contributed by atoms with Crippen LogP contribution in [0.15, 0.2) is 46.8 Å². The molecule has 2 N–H and O–H groups in total. The summed E-state index contributed by atoms with van der Waals surface area (Å²) in [4.78, 5) is 3.24. The van der Waals surface area contributed by atoms with Crippen LogP contribution in [0.2, 0.25) is 10.0 Å². The van der Waals surface area contributed by atoms with Crippen molar-refractivity contribution in [2.75, 3.05) is 18.3 Å². The molecule has 0 atom stereocenters. The van der Waals surface area contributed by atoms with Crippen LogP contribution in [0.4, 0.5) is 9.52 Å². The molecule has 1 heterocycles. The van der Waals surface area contributed by atoms with Gasteiger partial charge in [0.15, 0.2) is 5.13 Å².